The third-order valence-electron chi connectivity index (χ3n) is 1.75. The van der Waals surface area contributed by atoms with Crippen LogP contribution >= 0.6 is 34.5 Å². The molecule has 84 valence electrons. The first-order chi connectivity index (χ1) is 6.85. The Kier molecular flexibility index (Phi) is 4.17. The summed E-state index contributed by atoms with van der Waals surface area (Å²) in [5.41, 5.74) is 0.184. The first-order valence-electron chi connectivity index (χ1n) is 4.04. The zero-order valence-corrected chi connectivity index (χ0v) is 10.9. The van der Waals surface area contributed by atoms with Crippen LogP contribution in [0.15, 0.2) is 6.07 Å². The Morgan fingerprint density at radius 3 is 2.47 bits per heavy atom. The van der Waals surface area contributed by atoms with Crippen LogP contribution in [0.3, 0.4) is 0 Å². The fourth-order valence-corrected chi connectivity index (χ4v) is 3.17. The molecule has 0 aromatic carbocycles. The number of carbonyl (C=O) groups excluding carboxylic acids is 1. The number of halogens is 2. The molecule has 0 fully saturated rings. The third kappa shape index (κ3) is 3.45. The van der Waals surface area contributed by atoms with Crippen molar-refractivity contribution in [3.05, 3.63) is 20.3 Å². The maximum absolute atomic E-state index is 11.5. The molecule has 7 heteroatoms. The van der Waals surface area contributed by atoms with E-state index in [1.165, 1.54) is 13.0 Å². The van der Waals surface area contributed by atoms with Crippen molar-refractivity contribution < 1.29 is 13.2 Å². The predicted octanol–water partition coefficient (Wildman–Crippen LogP) is 2.67. The molecule has 0 saturated carbocycles. The van der Waals surface area contributed by atoms with Gasteiger partial charge in [0.1, 0.15) is 10.1 Å². The minimum atomic E-state index is -3.32. The molecule has 0 radical (unpaired) electrons. The summed E-state index contributed by atoms with van der Waals surface area (Å²) in [4.78, 5) is 11.5. The highest BCUT2D eigenvalue weighted by atomic mass is 35.5. The van der Waals surface area contributed by atoms with Crippen molar-refractivity contribution in [1.29, 1.82) is 0 Å². The molecule has 0 aliphatic carbocycles. The molecule has 0 amide bonds. The topological polar surface area (TPSA) is 51.2 Å². The molecule has 1 heterocycles. The lowest BCUT2D eigenvalue weighted by molar-refractivity contribution is 0.102. The van der Waals surface area contributed by atoms with E-state index in [1.807, 2.05) is 0 Å². The van der Waals surface area contributed by atoms with Gasteiger partial charge in [0, 0.05) is 11.3 Å². The highest BCUT2D eigenvalue weighted by Crippen LogP contribution is 2.31. The molecular formula is C8H8Cl2O3S2. The van der Waals surface area contributed by atoms with Gasteiger partial charge in [0.2, 0.25) is 0 Å². The molecular weight excluding hydrogens is 279 g/mol. The fraction of sp³-hybridized carbons (Fsp3) is 0.375. The van der Waals surface area contributed by atoms with Gasteiger partial charge in [0.25, 0.3) is 0 Å². The van der Waals surface area contributed by atoms with Crippen LogP contribution < -0.4 is 0 Å². The highest BCUT2D eigenvalue weighted by molar-refractivity contribution is 7.92. The average molecular weight is 287 g/mol. The van der Waals surface area contributed by atoms with Gasteiger partial charge >= 0.3 is 0 Å². The number of hydrogen-bond acceptors (Lipinski definition) is 4. The van der Waals surface area contributed by atoms with Crippen molar-refractivity contribution in [2.45, 2.75) is 6.92 Å². The van der Waals surface area contributed by atoms with Gasteiger partial charge < -0.3 is 0 Å². The second-order valence-electron chi connectivity index (χ2n) is 2.84. The monoisotopic (exact) mass is 286 g/mol. The van der Waals surface area contributed by atoms with E-state index in [-0.39, 0.29) is 15.7 Å². The summed E-state index contributed by atoms with van der Waals surface area (Å²) in [6.07, 6.45) is 0. The summed E-state index contributed by atoms with van der Waals surface area (Å²) >= 11 is 12.4. The molecule has 0 unspecified atom stereocenters. The second kappa shape index (κ2) is 4.82. The summed E-state index contributed by atoms with van der Waals surface area (Å²) in [5.74, 6) is -1.09. The van der Waals surface area contributed by atoms with Crippen LogP contribution in [-0.2, 0) is 9.84 Å². The largest absolute Gasteiger partial charge is 0.293 e. The van der Waals surface area contributed by atoms with E-state index < -0.39 is 21.4 Å². The number of carbonyl (C=O) groups is 1. The molecule has 1 rings (SSSR count). The summed E-state index contributed by atoms with van der Waals surface area (Å²) < 4.78 is 23.0. The smallest absolute Gasteiger partial charge is 0.180 e. The van der Waals surface area contributed by atoms with Crippen LogP contribution in [0.2, 0.25) is 8.67 Å². The zero-order valence-electron chi connectivity index (χ0n) is 7.79. The molecule has 0 aliphatic heterocycles. The van der Waals surface area contributed by atoms with Crippen LogP contribution in [0.5, 0.6) is 0 Å². The first-order valence-corrected chi connectivity index (χ1v) is 7.43. The Labute approximate surface area is 102 Å². The van der Waals surface area contributed by atoms with Gasteiger partial charge in [-0.05, 0) is 6.07 Å². The number of hydrogen-bond donors (Lipinski definition) is 0. The van der Waals surface area contributed by atoms with Crippen molar-refractivity contribution in [3.8, 4) is 0 Å². The van der Waals surface area contributed by atoms with Crippen LogP contribution in [-0.4, -0.2) is 25.7 Å². The van der Waals surface area contributed by atoms with E-state index in [4.69, 9.17) is 23.2 Å². The predicted molar refractivity (Wildman–Crippen MR) is 63.0 cm³/mol. The van der Waals surface area contributed by atoms with E-state index in [0.717, 1.165) is 11.3 Å². The molecule has 0 saturated heterocycles. The van der Waals surface area contributed by atoms with Crippen molar-refractivity contribution in [1.82, 2.24) is 0 Å². The van der Waals surface area contributed by atoms with E-state index in [1.54, 1.807) is 0 Å². The molecule has 1 aromatic rings. The SMILES string of the molecule is CCS(=O)(=O)CC(=O)c1cc(Cl)sc1Cl. The Balaban J connectivity index is 2.92. The molecule has 0 bridgehead atoms. The van der Waals surface area contributed by atoms with Crippen molar-refractivity contribution in [3.63, 3.8) is 0 Å². The quantitative estimate of drug-likeness (QED) is 0.800. The van der Waals surface area contributed by atoms with Gasteiger partial charge in [-0.3, -0.25) is 4.79 Å². The number of sulfone groups is 1. The van der Waals surface area contributed by atoms with Gasteiger partial charge in [-0.15, -0.1) is 11.3 Å². The maximum atomic E-state index is 11.5. The maximum Gasteiger partial charge on any atom is 0.180 e. The Bertz CT molecular complexity index is 476. The Morgan fingerprint density at radius 1 is 1.47 bits per heavy atom. The van der Waals surface area contributed by atoms with Crippen molar-refractivity contribution >= 4 is 50.2 Å². The van der Waals surface area contributed by atoms with Crippen LogP contribution in [0, 0.1) is 0 Å². The molecule has 3 nitrogen and oxygen atoms in total. The minimum absolute atomic E-state index is 0.0613. The normalized spacial score (nSPS) is 11.7. The molecule has 1 aromatic heterocycles. The highest BCUT2D eigenvalue weighted by Gasteiger charge is 2.20. The fourth-order valence-electron chi connectivity index (χ4n) is 0.910. The molecule has 0 N–H and O–H groups in total. The Morgan fingerprint density at radius 2 is 2.07 bits per heavy atom. The summed E-state index contributed by atoms with van der Waals surface area (Å²) in [5, 5.41) is 0. The summed E-state index contributed by atoms with van der Waals surface area (Å²) in [6, 6.07) is 1.39. The Hall–Kier alpha value is -0.100. The molecule has 0 aliphatic rings. The third-order valence-corrected chi connectivity index (χ3v) is 4.82. The van der Waals surface area contributed by atoms with Crippen molar-refractivity contribution in [2.24, 2.45) is 0 Å². The lowest BCUT2D eigenvalue weighted by atomic mass is 10.2. The van der Waals surface area contributed by atoms with E-state index in [9.17, 15) is 13.2 Å². The van der Waals surface area contributed by atoms with Crippen LogP contribution in [0.25, 0.3) is 0 Å². The van der Waals surface area contributed by atoms with Gasteiger partial charge in [-0.1, -0.05) is 30.1 Å². The number of Topliss-reactive ketones (excluding diaryl/α,β-unsaturated/α-hetero) is 1. The van der Waals surface area contributed by atoms with Gasteiger partial charge in [0.15, 0.2) is 15.6 Å². The standard InChI is InChI=1S/C8H8Cl2O3S2/c1-2-15(12,13)4-6(11)5-3-7(9)14-8(5)10/h3H,2,4H2,1H3. The van der Waals surface area contributed by atoms with Crippen molar-refractivity contribution in [2.75, 3.05) is 11.5 Å². The number of thiophene rings is 1. The van der Waals surface area contributed by atoms with E-state index in [2.05, 4.69) is 0 Å². The lowest BCUT2D eigenvalue weighted by Crippen LogP contribution is -2.17. The van der Waals surface area contributed by atoms with Crippen LogP contribution in [0.4, 0.5) is 0 Å². The summed E-state index contributed by atoms with van der Waals surface area (Å²) in [6.45, 7) is 1.49. The minimum Gasteiger partial charge on any atom is -0.293 e. The molecule has 0 spiro atoms. The molecule has 15 heavy (non-hydrogen) atoms. The van der Waals surface area contributed by atoms with Gasteiger partial charge in [-0.25, -0.2) is 8.42 Å². The summed E-state index contributed by atoms with van der Waals surface area (Å²) in [7, 11) is -3.32. The first kappa shape index (κ1) is 13.0. The van der Waals surface area contributed by atoms with E-state index in [0.29, 0.717) is 4.34 Å². The second-order valence-corrected chi connectivity index (χ2v) is 7.48. The number of rotatable bonds is 4. The van der Waals surface area contributed by atoms with Gasteiger partial charge in [0.05, 0.1) is 4.34 Å². The zero-order chi connectivity index (χ0) is 11.6. The van der Waals surface area contributed by atoms with Gasteiger partial charge in [-0.2, -0.15) is 0 Å². The molecule has 0 atom stereocenters. The van der Waals surface area contributed by atoms with Crippen LogP contribution in [0.1, 0.15) is 17.3 Å². The lowest BCUT2D eigenvalue weighted by Gasteiger charge is -1.99. The van der Waals surface area contributed by atoms with E-state index >= 15 is 0 Å². The average Bonchev–Trinajstić information content (AvgIpc) is 2.45. The number of ketones is 1.